The second-order valence-corrected chi connectivity index (χ2v) is 6.21. The fourth-order valence-corrected chi connectivity index (χ4v) is 2.90. The van der Waals surface area contributed by atoms with Crippen molar-refractivity contribution in [1.29, 1.82) is 0 Å². The van der Waals surface area contributed by atoms with Crippen molar-refractivity contribution in [3.05, 3.63) is 59.5 Å². The van der Waals surface area contributed by atoms with E-state index in [1.807, 2.05) is 0 Å². The van der Waals surface area contributed by atoms with Gasteiger partial charge in [-0.2, -0.15) is 17.6 Å². The number of rotatable bonds is 6. The molecule has 3 rings (SSSR count). The Morgan fingerprint density at radius 3 is 2.50 bits per heavy atom. The number of benzene rings is 1. The van der Waals surface area contributed by atoms with Gasteiger partial charge in [0.15, 0.2) is 6.10 Å². The number of imide groups is 1. The zero-order valence-electron chi connectivity index (χ0n) is 14.8. The largest absolute Gasteiger partial charge is 0.465 e. The Hall–Kier alpha value is -3.44. The minimum Gasteiger partial charge on any atom is -0.465 e. The lowest BCUT2D eigenvalue weighted by Crippen LogP contribution is -2.40. The number of carboxylic acid groups (broad SMARTS) is 1. The number of ether oxygens (including phenoxy) is 2. The van der Waals surface area contributed by atoms with Crippen LogP contribution in [0.1, 0.15) is 17.4 Å². The van der Waals surface area contributed by atoms with Gasteiger partial charge in [0.05, 0.1) is 6.04 Å². The Morgan fingerprint density at radius 2 is 1.90 bits per heavy atom. The van der Waals surface area contributed by atoms with Crippen LogP contribution in [0.4, 0.5) is 31.5 Å². The van der Waals surface area contributed by atoms with E-state index >= 15 is 0 Å². The monoisotopic (exact) mass is 432 g/mol. The quantitative estimate of drug-likeness (QED) is 0.687. The first kappa shape index (κ1) is 21.3. The first-order valence-corrected chi connectivity index (χ1v) is 8.37. The number of pyridine rings is 1. The maximum atomic E-state index is 13.2. The van der Waals surface area contributed by atoms with Crippen LogP contribution < -0.4 is 4.74 Å². The number of carbonyl (C=O) groups is 2. The summed E-state index contributed by atoms with van der Waals surface area (Å²) in [6, 6.07) is 6.99. The van der Waals surface area contributed by atoms with E-state index in [1.54, 1.807) is 0 Å². The predicted molar refractivity (Wildman–Crippen MR) is 88.8 cm³/mol. The summed E-state index contributed by atoms with van der Waals surface area (Å²) in [6.45, 7) is 0. The summed E-state index contributed by atoms with van der Waals surface area (Å²) >= 11 is 0. The van der Waals surface area contributed by atoms with Crippen LogP contribution >= 0.6 is 0 Å². The van der Waals surface area contributed by atoms with Crippen molar-refractivity contribution in [3.63, 3.8) is 0 Å². The van der Waals surface area contributed by atoms with Gasteiger partial charge in [0.2, 0.25) is 5.88 Å². The summed E-state index contributed by atoms with van der Waals surface area (Å²) in [5.74, 6) is -1.38. The molecule has 0 aliphatic carbocycles. The van der Waals surface area contributed by atoms with Crippen LogP contribution in [-0.2, 0) is 11.2 Å². The van der Waals surface area contributed by atoms with Crippen LogP contribution in [0.2, 0.25) is 0 Å². The van der Waals surface area contributed by atoms with E-state index in [2.05, 4.69) is 9.72 Å². The molecule has 12 heteroatoms. The predicted octanol–water partition coefficient (Wildman–Crippen LogP) is 4.24. The third-order valence-corrected chi connectivity index (χ3v) is 4.20. The van der Waals surface area contributed by atoms with Gasteiger partial charge in [-0.3, -0.25) is 0 Å². The molecule has 2 aromatic rings. The number of hydrogen-bond acceptors (Lipinski definition) is 5. The first-order chi connectivity index (χ1) is 14.1. The number of hydrogen-bond donors (Lipinski definition) is 1. The Labute approximate surface area is 165 Å². The van der Waals surface area contributed by atoms with Gasteiger partial charge in [-0.05, 0) is 23.8 Å². The van der Waals surface area contributed by atoms with E-state index in [0.717, 1.165) is 18.2 Å². The Morgan fingerprint density at radius 1 is 1.23 bits per heavy atom. The number of aromatic nitrogens is 1. The van der Waals surface area contributed by atoms with Gasteiger partial charge >= 0.3 is 24.7 Å². The minimum atomic E-state index is -4.78. The van der Waals surface area contributed by atoms with Crippen molar-refractivity contribution in [2.45, 2.75) is 31.1 Å². The molecule has 0 radical (unpaired) electrons. The zero-order chi connectivity index (χ0) is 22.1. The Kier molecular flexibility index (Phi) is 5.76. The van der Waals surface area contributed by atoms with Crippen molar-refractivity contribution in [1.82, 2.24) is 9.88 Å². The van der Waals surface area contributed by atoms with Gasteiger partial charge in [-0.15, -0.1) is 0 Å². The molecule has 0 saturated carbocycles. The normalized spacial score (nSPS) is 19.1. The lowest BCUT2D eigenvalue weighted by atomic mass is 9.98. The molecule has 160 valence electrons. The average molecular weight is 432 g/mol. The molecule has 1 aromatic carbocycles. The highest BCUT2D eigenvalue weighted by molar-refractivity contribution is 5.89. The highest BCUT2D eigenvalue weighted by Crippen LogP contribution is 2.35. The highest BCUT2D eigenvalue weighted by Gasteiger charge is 2.47. The smallest absolute Gasteiger partial charge is 0.462 e. The zero-order valence-corrected chi connectivity index (χ0v) is 14.8. The van der Waals surface area contributed by atoms with Crippen LogP contribution in [0.5, 0.6) is 5.88 Å². The number of amides is 2. The highest BCUT2D eigenvalue weighted by atomic mass is 19.3. The number of cyclic esters (lactones) is 1. The van der Waals surface area contributed by atoms with Gasteiger partial charge in [-0.25, -0.2) is 23.9 Å². The number of nitrogens with zero attached hydrogens (tertiary/aromatic N) is 2. The summed E-state index contributed by atoms with van der Waals surface area (Å²) in [5.41, 5.74) is 0.259. The van der Waals surface area contributed by atoms with Crippen LogP contribution in [0.25, 0.3) is 0 Å². The lowest BCUT2D eigenvalue weighted by Gasteiger charge is -2.21. The Balaban J connectivity index is 1.89. The number of halogens is 5. The van der Waals surface area contributed by atoms with Crippen LogP contribution in [0.15, 0.2) is 42.5 Å². The number of alkyl halides is 4. The lowest BCUT2D eigenvalue weighted by molar-refractivity contribution is -0.254. The molecule has 2 atom stereocenters. The van der Waals surface area contributed by atoms with E-state index in [1.165, 1.54) is 24.3 Å². The molecule has 0 bridgehead atoms. The molecule has 30 heavy (non-hydrogen) atoms. The molecule has 7 nitrogen and oxygen atoms in total. The summed E-state index contributed by atoms with van der Waals surface area (Å²) in [4.78, 5) is 27.6. The molecule has 2 amide bonds. The third-order valence-electron chi connectivity index (χ3n) is 4.20. The standard InChI is InChI=1S/C18H13F5N2O5/c19-10-6-4-9(5-7-10)14-12(25(16(26)27)17(28)29-14)8-11-2-1-3-13(24-11)30-18(22,23)15(20)21/h1-7,12,14-15H,8H2,(H,26,27). The maximum absolute atomic E-state index is 13.2. The molecule has 1 N–H and O–H groups in total. The average Bonchev–Trinajstić information content (AvgIpc) is 2.98. The minimum absolute atomic E-state index is 0.0285. The summed E-state index contributed by atoms with van der Waals surface area (Å²) in [7, 11) is 0. The Bertz CT molecular complexity index is 941. The fraction of sp³-hybridized carbons (Fsp3) is 0.278. The maximum Gasteiger partial charge on any atom is 0.462 e. The van der Waals surface area contributed by atoms with Crippen molar-refractivity contribution in [2.75, 3.05) is 0 Å². The molecular formula is C18H13F5N2O5. The van der Waals surface area contributed by atoms with Crippen molar-refractivity contribution >= 4 is 12.2 Å². The van der Waals surface area contributed by atoms with Crippen LogP contribution in [0.3, 0.4) is 0 Å². The molecule has 1 saturated heterocycles. The second kappa shape index (κ2) is 8.13. The molecular weight excluding hydrogens is 419 g/mol. The molecule has 1 aliphatic heterocycles. The van der Waals surface area contributed by atoms with Crippen LogP contribution in [0, 0.1) is 5.82 Å². The molecule has 0 spiro atoms. The van der Waals surface area contributed by atoms with Crippen molar-refractivity contribution < 1.29 is 46.1 Å². The second-order valence-electron chi connectivity index (χ2n) is 6.21. The van der Waals surface area contributed by atoms with E-state index in [-0.39, 0.29) is 17.7 Å². The topological polar surface area (TPSA) is 89.0 Å². The van der Waals surface area contributed by atoms with Crippen LogP contribution in [-0.4, -0.2) is 45.8 Å². The molecule has 1 aromatic heterocycles. The van der Waals surface area contributed by atoms with Crippen molar-refractivity contribution in [2.24, 2.45) is 0 Å². The molecule has 1 fully saturated rings. The summed E-state index contributed by atoms with van der Waals surface area (Å²) in [5, 5.41) is 9.35. The first-order valence-electron chi connectivity index (χ1n) is 8.37. The SMILES string of the molecule is O=C(O)N1C(=O)OC(c2ccc(F)cc2)C1Cc1cccc(OC(F)(F)C(F)F)n1. The molecule has 2 unspecified atom stereocenters. The van der Waals surface area contributed by atoms with Gasteiger partial charge in [0.25, 0.3) is 0 Å². The van der Waals surface area contributed by atoms with E-state index < -0.39 is 48.6 Å². The van der Waals surface area contributed by atoms with E-state index in [9.17, 15) is 36.6 Å². The summed E-state index contributed by atoms with van der Waals surface area (Å²) < 4.78 is 73.1. The fourth-order valence-electron chi connectivity index (χ4n) is 2.90. The summed E-state index contributed by atoms with van der Waals surface area (Å²) in [6.07, 6.45) is -13.1. The molecule has 1 aliphatic rings. The molecule has 2 heterocycles. The van der Waals surface area contributed by atoms with Gasteiger partial charge in [0, 0.05) is 18.2 Å². The van der Waals surface area contributed by atoms with Gasteiger partial charge < -0.3 is 14.6 Å². The van der Waals surface area contributed by atoms with Crippen molar-refractivity contribution in [3.8, 4) is 5.88 Å². The van der Waals surface area contributed by atoms with E-state index in [4.69, 9.17) is 4.74 Å². The van der Waals surface area contributed by atoms with Gasteiger partial charge in [0.1, 0.15) is 5.82 Å². The number of carbonyl (C=O) groups excluding carboxylic acids is 1. The van der Waals surface area contributed by atoms with Gasteiger partial charge in [-0.1, -0.05) is 18.2 Å². The van der Waals surface area contributed by atoms with E-state index in [0.29, 0.717) is 4.90 Å². The third kappa shape index (κ3) is 4.42.